The molecule has 2 N–H and O–H groups in total. The highest BCUT2D eigenvalue weighted by Crippen LogP contribution is 2.32. The minimum Gasteiger partial charge on any atom is -0.478 e. The number of nitrogens with one attached hydrogen (secondary N) is 1. The van der Waals surface area contributed by atoms with Gasteiger partial charge in [0.1, 0.15) is 11.4 Å². The van der Waals surface area contributed by atoms with E-state index in [1.807, 2.05) is 26.8 Å². The van der Waals surface area contributed by atoms with Gasteiger partial charge in [0.15, 0.2) is 10.5 Å². The van der Waals surface area contributed by atoms with Gasteiger partial charge >= 0.3 is 5.97 Å². The minimum absolute atomic E-state index is 0.0765. The topological polar surface area (TPSA) is 79.5 Å². The second-order valence-electron chi connectivity index (χ2n) is 6.87. The number of anilines is 1. The number of thioether (sulfide) groups is 1. The van der Waals surface area contributed by atoms with Crippen molar-refractivity contribution in [1.82, 2.24) is 0 Å². The number of carboxylic acid groups (broad SMARTS) is 1. The number of hydrogen-bond acceptors (Lipinski definition) is 5. The van der Waals surface area contributed by atoms with Crippen molar-refractivity contribution in [2.75, 3.05) is 11.1 Å². The number of carbonyl (C=O) groups is 1. The van der Waals surface area contributed by atoms with E-state index in [1.54, 1.807) is 13.0 Å². The summed E-state index contributed by atoms with van der Waals surface area (Å²) < 4.78 is 19.6. The summed E-state index contributed by atoms with van der Waals surface area (Å²) in [6, 6.07) is 6.90. The van der Waals surface area contributed by atoms with Crippen LogP contribution in [-0.2, 0) is 0 Å². The number of halogens is 1. The van der Waals surface area contributed by atoms with E-state index in [4.69, 9.17) is 4.42 Å². The van der Waals surface area contributed by atoms with Gasteiger partial charge in [0, 0.05) is 16.8 Å². The lowest BCUT2D eigenvalue weighted by atomic mass is 10.00. The molecule has 0 saturated carbocycles. The highest BCUT2D eigenvalue weighted by molar-refractivity contribution is 7.99. The fourth-order valence-electron chi connectivity index (χ4n) is 3.27. The Hall–Kier alpha value is -2.80. The molecule has 29 heavy (non-hydrogen) atoms. The van der Waals surface area contributed by atoms with Crippen molar-refractivity contribution in [3.63, 3.8) is 0 Å². The first kappa shape index (κ1) is 20.9. The number of carboxylic acids is 1. The fourth-order valence-corrected chi connectivity index (χ4v) is 3.98. The van der Waals surface area contributed by atoms with E-state index in [2.05, 4.69) is 5.32 Å². The largest absolute Gasteiger partial charge is 0.478 e. The Morgan fingerprint density at radius 1 is 1.28 bits per heavy atom. The number of rotatable bonds is 6. The van der Waals surface area contributed by atoms with Gasteiger partial charge in [0.2, 0.25) is 0 Å². The van der Waals surface area contributed by atoms with Crippen LogP contribution >= 0.6 is 11.8 Å². The molecule has 0 saturated heterocycles. The van der Waals surface area contributed by atoms with Crippen molar-refractivity contribution in [1.29, 1.82) is 0 Å². The fraction of sp³-hybridized carbons (Fsp3) is 0.273. The third-order valence-electron chi connectivity index (χ3n) is 4.67. The molecule has 0 fully saturated rings. The number of benzene rings is 2. The van der Waals surface area contributed by atoms with Crippen LogP contribution in [-0.4, -0.2) is 16.8 Å². The van der Waals surface area contributed by atoms with Crippen LogP contribution in [0.15, 0.2) is 44.6 Å². The molecule has 2 aromatic carbocycles. The Morgan fingerprint density at radius 3 is 2.66 bits per heavy atom. The smallest absolute Gasteiger partial charge is 0.337 e. The maximum atomic E-state index is 13.5. The zero-order valence-electron chi connectivity index (χ0n) is 16.6. The summed E-state index contributed by atoms with van der Waals surface area (Å²) in [5, 5.41) is 13.6. The van der Waals surface area contributed by atoms with Crippen molar-refractivity contribution in [2.45, 2.75) is 38.8 Å². The summed E-state index contributed by atoms with van der Waals surface area (Å²) in [6.07, 6.45) is 0. The SMILES string of the molecule is CCSc1oc2c([C@@H](C)Nc3ccc(F)cc3C(=O)O)cc(C)cc2c(=O)c1C. The van der Waals surface area contributed by atoms with Gasteiger partial charge in [0.25, 0.3) is 0 Å². The highest BCUT2D eigenvalue weighted by atomic mass is 32.2. The van der Waals surface area contributed by atoms with Gasteiger partial charge in [0.05, 0.1) is 17.0 Å². The van der Waals surface area contributed by atoms with Gasteiger partial charge in [-0.15, -0.1) is 0 Å². The van der Waals surface area contributed by atoms with Crippen LogP contribution in [0.2, 0.25) is 0 Å². The van der Waals surface area contributed by atoms with Gasteiger partial charge in [-0.25, -0.2) is 9.18 Å². The lowest BCUT2D eigenvalue weighted by Crippen LogP contribution is -2.14. The normalized spacial score (nSPS) is 12.2. The van der Waals surface area contributed by atoms with Gasteiger partial charge in [-0.2, -0.15) is 0 Å². The molecule has 3 aromatic rings. The summed E-state index contributed by atoms with van der Waals surface area (Å²) in [7, 11) is 0. The van der Waals surface area contributed by atoms with Crippen molar-refractivity contribution >= 4 is 34.4 Å². The standard InChI is InChI=1S/C22H22FNO4S/c1-5-29-22-12(3)19(25)17-9-11(2)8-15(20(17)28-22)13(4)24-18-7-6-14(23)10-16(18)21(26)27/h6-10,13,24H,5H2,1-4H3,(H,26,27)/t13-/m1/s1. The van der Waals surface area contributed by atoms with Crippen LogP contribution in [0.1, 0.15) is 46.9 Å². The van der Waals surface area contributed by atoms with Gasteiger partial charge in [-0.05, 0) is 56.4 Å². The number of aromatic carboxylic acids is 1. The molecule has 152 valence electrons. The monoisotopic (exact) mass is 415 g/mol. The molecule has 0 spiro atoms. The molecule has 7 heteroatoms. The average molecular weight is 415 g/mol. The van der Waals surface area contributed by atoms with Crippen molar-refractivity contribution in [2.24, 2.45) is 0 Å². The summed E-state index contributed by atoms with van der Waals surface area (Å²) in [5.41, 5.74) is 2.73. The molecule has 5 nitrogen and oxygen atoms in total. The second-order valence-corrected chi connectivity index (χ2v) is 8.11. The summed E-state index contributed by atoms with van der Waals surface area (Å²) in [6.45, 7) is 7.47. The van der Waals surface area contributed by atoms with E-state index in [-0.39, 0.29) is 17.0 Å². The van der Waals surface area contributed by atoms with Crippen LogP contribution in [0.25, 0.3) is 11.0 Å². The van der Waals surface area contributed by atoms with E-state index in [0.29, 0.717) is 27.3 Å². The molecule has 0 radical (unpaired) electrons. The molecule has 0 bridgehead atoms. The number of aryl methyl sites for hydroxylation is 1. The van der Waals surface area contributed by atoms with E-state index < -0.39 is 11.8 Å². The first-order chi connectivity index (χ1) is 13.7. The van der Waals surface area contributed by atoms with E-state index >= 15 is 0 Å². The van der Waals surface area contributed by atoms with E-state index in [9.17, 15) is 19.1 Å². The zero-order chi connectivity index (χ0) is 21.3. The molecule has 1 heterocycles. The second kappa shape index (κ2) is 8.29. The number of hydrogen-bond donors (Lipinski definition) is 2. The maximum absolute atomic E-state index is 13.5. The molecule has 1 aromatic heterocycles. The lowest BCUT2D eigenvalue weighted by Gasteiger charge is -2.19. The van der Waals surface area contributed by atoms with E-state index in [1.165, 1.54) is 23.9 Å². The minimum atomic E-state index is -1.22. The van der Waals surface area contributed by atoms with Crippen molar-refractivity contribution in [3.8, 4) is 0 Å². The first-order valence-corrected chi connectivity index (χ1v) is 10.2. The molecule has 3 rings (SSSR count). The average Bonchev–Trinajstić information content (AvgIpc) is 2.67. The Morgan fingerprint density at radius 2 is 2.00 bits per heavy atom. The quantitative estimate of drug-likeness (QED) is 0.515. The van der Waals surface area contributed by atoms with Crippen molar-refractivity contribution in [3.05, 3.63) is 68.6 Å². The van der Waals surface area contributed by atoms with Crippen LogP contribution in [0.3, 0.4) is 0 Å². The Kier molecular flexibility index (Phi) is 5.98. The highest BCUT2D eigenvalue weighted by Gasteiger charge is 2.20. The van der Waals surface area contributed by atoms with Crippen LogP contribution in [0.4, 0.5) is 10.1 Å². The molecule has 0 aliphatic heterocycles. The third kappa shape index (κ3) is 4.15. The molecule has 0 aliphatic carbocycles. The molecule has 1 atom stereocenters. The Balaban J connectivity index is 2.14. The Bertz CT molecular complexity index is 1160. The van der Waals surface area contributed by atoms with Gasteiger partial charge in [-0.3, -0.25) is 4.79 Å². The first-order valence-electron chi connectivity index (χ1n) is 9.23. The maximum Gasteiger partial charge on any atom is 0.337 e. The zero-order valence-corrected chi connectivity index (χ0v) is 17.4. The predicted octanol–water partition coefficient (Wildman–Crippen LogP) is 5.53. The molecule has 0 unspecified atom stereocenters. The van der Waals surface area contributed by atoms with Gasteiger partial charge in [-0.1, -0.05) is 24.8 Å². The molecular formula is C22H22FNO4S. The van der Waals surface area contributed by atoms with E-state index in [0.717, 1.165) is 22.9 Å². The Labute approximate surface area is 171 Å². The summed E-state index contributed by atoms with van der Waals surface area (Å²) >= 11 is 1.46. The van der Waals surface area contributed by atoms with Crippen LogP contribution in [0.5, 0.6) is 0 Å². The molecule has 0 aliphatic rings. The lowest BCUT2D eigenvalue weighted by molar-refractivity contribution is 0.0697. The van der Waals surface area contributed by atoms with Crippen LogP contribution in [0, 0.1) is 19.7 Å². The summed E-state index contributed by atoms with van der Waals surface area (Å²) in [5.74, 6) is -1.08. The van der Waals surface area contributed by atoms with Crippen molar-refractivity contribution < 1.29 is 18.7 Å². The third-order valence-corrected chi connectivity index (χ3v) is 5.61. The number of fused-ring (bicyclic) bond motifs is 1. The summed E-state index contributed by atoms with van der Waals surface area (Å²) in [4.78, 5) is 24.4. The molecular weight excluding hydrogens is 393 g/mol. The molecule has 0 amide bonds. The predicted molar refractivity (Wildman–Crippen MR) is 114 cm³/mol. The van der Waals surface area contributed by atoms with Gasteiger partial charge < -0.3 is 14.8 Å². The van der Waals surface area contributed by atoms with Crippen LogP contribution < -0.4 is 10.7 Å².